The summed E-state index contributed by atoms with van der Waals surface area (Å²) in [6, 6.07) is 12.4. The fourth-order valence-electron chi connectivity index (χ4n) is 2.36. The molecule has 0 aliphatic heterocycles. The number of esters is 1. The monoisotopic (exact) mass is 345 g/mol. The Balaban J connectivity index is 2.22. The highest BCUT2D eigenvalue weighted by molar-refractivity contribution is 7.90. The molecule has 1 aromatic heterocycles. The predicted molar refractivity (Wildman–Crippen MR) is 89.1 cm³/mol. The van der Waals surface area contributed by atoms with Crippen molar-refractivity contribution in [3.63, 3.8) is 0 Å². The first-order chi connectivity index (χ1) is 11.4. The lowest BCUT2D eigenvalue weighted by Gasteiger charge is -2.08. The standard InChI is InChI=1S/C16H15N3O4S/c1-2-23-15(20)11-8-9-13-14(10-11)19(16(17)18-13)24(21,22)12-6-4-3-5-7-12/h3-10H,2H2,1H3,(H2,17,18). The molecule has 0 bridgehead atoms. The highest BCUT2D eigenvalue weighted by atomic mass is 32.2. The number of hydrogen-bond acceptors (Lipinski definition) is 6. The number of benzene rings is 2. The predicted octanol–water partition coefficient (Wildman–Crippen LogP) is 2.03. The molecular weight excluding hydrogens is 330 g/mol. The summed E-state index contributed by atoms with van der Waals surface area (Å²) in [7, 11) is -3.93. The Morgan fingerprint density at radius 1 is 1.21 bits per heavy atom. The summed E-state index contributed by atoms with van der Waals surface area (Å²) < 4.78 is 31.6. The van der Waals surface area contributed by atoms with E-state index in [1.807, 2.05) is 0 Å². The molecule has 0 atom stereocenters. The summed E-state index contributed by atoms with van der Waals surface area (Å²) in [5.74, 6) is -0.710. The zero-order valence-corrected chi connectivity index (χ0v) is 13.7. The smallest absolute Gasteiger partial charge is 0.338 e. The minimum atomic E-state index is -3.93. The molecule has 0 radical (unpaired) electrons. The van der Waals surface area contributed by atoms with Crippen LogP contribution in [-0.2, 0) is 14.8 Å². The van der Waals surface area contributed by atoms with Gasteiger partial charge in [0.05, 0.1) is 28.1 Å². The number of ether oxygens (including phenoxy) is 1. The molecule has 0 amide bonds. The lowest BCUT2D eigenvalue weighted by molar-refractivity contribution is 0.0526. The maximum absolute atomic E-state index is 12.9. The largest absolute Gasteiger partial charge is 0.462 e. The van der Waals surface area contributed by atoms with Crippen LogP contribution in [0.1, 0.15) is 17.3 Å². The summed E-state index contributed by atoms with van der Waals surface area (Å²) in [6.07, 6.45) is 0. The molecule has 0 saturated carbocycles. The van der Waals surface area contributed by atoms with Gasteiger partial charge in [0.15, 0.2) is 0 Å². The molecule has 24 heavy (non-hydrogen) atoms. The lowest BCUT2D eigenvalue weighted by Crippen LogP contribution is -2.15. The summed E-state index contributed by atoms with van der Waals surface area (Å²) in [5, 5.41) is 0. The maximum Gasteiger partial charge on any atom is 0.338 e. The summed E-state index contributed by atoms with van der Waals surface area (Å²) in [5.41, 5.74) is 6.65. The Morgan fingerprint density at radius 3 is 2.58 bits per heavy atom. The van der Waals surface area contributed by atoms with Gasteiger partial charge < -0.3 is 10.5 Å². The van der Waals surface area contributed by atoms with E-state index >= 15 is 0 Å². The average molecular weight is 345 g/mol. The summed E-state index contributed by atoms with van der Waals surface area (Å²) >= 11 is 0. The van der Waals surface area contributed by atoms with Crippen molar-refractivity contribution in [1.29, 1.82) is 0 Å². The van der Waals surface area contributed by atoms with Crippen molar-refractivity contribution in [2.75, 3.05) is 12.3 Å². The Kier molecular flexibility index (Phi) is 3.98. The molecular formula is C16H15N3O4S. The molecule has 2 N–H and O–H groups in total. The molecule has 0 saturated heterocycles. The second-order valence-electron chi connectivity index (χ2n) is 4.98. The summed E-state index contributed by atoms with van der Waals surface area (Å²) in [6.45, 7) is 1.92. The minimum Gasteiger partial charge on any atom is -0.462 e. The summed E-state index contributed by atoms with van der Waals surface area (Å²) in [4.78, 5) is 16.0. The van der Waals surface area contributed by atoms with Crippen LogP contribution in [0.15, 0.2) is 53.4 Å². The van der Waals surface area contributed by atoms with Crippen LogP contribution in [0.3, 0.4) is 0 Å². The molecule has 2 aromatic carbocycles. The van der Waals surface area contributed by atoms with Crippen LogP contribution in [0.25, 0.3) is 11.0 Å². The number of nitrogen functional groups attached to an aromatic ring is 1. The van der Waals surface area contributed by atoms with Crippen LogP contribution in [0.5, 0.6) is 0 Å². The van der Waals surface area contributed by atoms with Gasteiger partial charge in [-0.1, -0.05) is 18.2 Å². The highest BCUT2D eigenvalue weighted by Crippen LogP contribution is 2.25. The van der Waals surface area contributed by atoms with Gasteiger partial charge in [0.25, 0.3) is 10.0 Å². The molecule has 3 aromatic rings. The van der Waals surface area contributed by atoms with Gasteiger partial charge in [-0.05, 0) is 37.3 Å². The van der Waals surface area contributed by atoms with Crippen LogP contribution in [0, 0.1) is 0 Å². The van der Waals surface area contributed by atoms with Crippen LogP contribution in [0.4, 0.5) is 5.95 Å². The van der Waals surface area contributed by atoms with Crippen LogP contribution in [0.2, 0.25) is 0 Å². The SMILES string of the molecule is CCOC(=O)c1ccc2nc(N)n(S(=O)(=O)c3ccccc3)c2c1. The molecule has 0 spiro atoms. The first-order valence-electron chi connectivity index (χ1n) is 7.21. The number of nitrogens with zero attached hydrogens (tertiary/aromatic N) is 2. The number of carbonyl (C=O) groups is 1. The molecule has 3 rings (SSSR count). The second kappa shape index (κ2) is 5.97. The third kappa shape index (κ3) is 2.61. The molecule has 1 heterocycles. The number of imidazole rings is 1. The van der Waals surface area contributed by atoms with Gasteiger partial charge in [-0.15, -0.1) is 0 Å². The van der Waals surface area contributed by atoms with Crippen molar-refractivity contribution in [3.8, 4) is 0 Å². The number of hydrogen-bond donors (Lipinski definition) is 1. The fraction of sp³-hybridized carbons (Fsp3) is 0.125. The quantitative estimate of drug-likeness (QED) is 0.726. The van der Waals surface area contributed by atoms with Crippen LogP contribution in [-0.4, -0.2) is 30.0 Å². The van der Waals surface area contributed by atoms with E-state index in [0.29, 0.717) is 5.52 Å². The number of rotatable bonds is 4. The van der Waals surface area contributed by atoms with Gasteiger partial charge in [0.1, 0.15) is 0 Å². The van der Waals surface area contributed by atoms with Crippen LogP contribution >= 0.6 is 0 Å². The highest BCUT2D eigenvalue weighted by Gasteiger charge is 2.23. The van der Waals surface area contributed by atoms with Gasteiger partial charge in [0, 0.05) is 0 Å². The van der Waals surface area contributed by atoms with E-state index in [2.05, 4.69) is 4.98 Å². The van der Waals surface area contributed by atoms with Gasteiger partial charge >= 0.3 is 5.97 Å². The van der Waals surface area contributed by atoms with Crippen molar-refractivity contribution in [2.24, 2.45) is 0 Å². The fourth-order valence-corrected chi connectivity index (χ4v) is 3.77. The Labute approximate surface area is 138 Å². The number of carbonyl (C=O) groups excluding carboxylic acids is 1. The Morgan fingerprint density at radius 2 is 1.92 bits per heavy atom. The normalized spacial score (nSPS) is 11.5. The third-order valence-corrected chi connectivity index (χ3v) is 5.16. The van der Waals surface area contributed by atoms with Crippen molar-refractivity contribution in [1.82, 2.24) is 8.96 Å². The maximum atomic E-state index is 12.9. The van der Waals surface area contributed by atoms with Gasteiger partial charge in [-0.25, -0.2) is 22.2 Å². The van der Waals surface area contributed by atoms with E-state index < -0.39 is 16.0 Å². The number of anilines is 1. The van der Waals surface area contributed by atoms with Crippen LogP contribution < -0.4 is 5.73 Å². The first-order valence-corrected chi connectivity index (χ1v) is 8.65. The number of nitrogens with two attached hydrogens (primary N) is 1. The minimum absolute atomic E-state index is 0.0811. The zero-order chi connectivity index (χ0) is 17.3. The second-order valence-corrected chi connectivity index (χ2v) is 6.76. The molecule has 8 heteroatoms. The van der Waals surface area contributed by atoms with E-state index in [-0.39, 0.29) is 28.5 Å². The molecule has 0 fully saturated rings. The molecule has 0 unspecified atom stereocenters. The Bertz CT molecular complexity index is 1010. The van der Waals surface area contributed by atoms with Gasteiger partial charge in [-0.3, -0.25) is 0 Å². The van der Waals surface area contributed by atoms with E-state index in [9.17, 15) is 13.2 Å². The topological polar surface area (TPSA) is 104 Å². The molecule has 0 aliphatic rings. The lowest BCUT2D eigenvalue weighted by atomic mass is 10.2. The van der Waals surface area contributed by atoms with E-state index in [1.54, 1.807) is 25.1 Å². The third-order valence-electron chi connectivity index (χ3n) is 3.43. The van der Waals surface area contributed by atoms with Crippen molar-refractivity contribution in [2.45, 2.75) is 11.8 Å². The van der Waals surface area contributed by atoms with Crippen molar-refractivity contribution in [3.05, 3.63) is 54.1 Å². The Hall–Kier alpha value is -2.87. The van der Waals surface area contributed by atoms with E-state index in [0.717, 1.165) is 3.97 Å². The van der Waals surface area contributed by atoms with Crippen molar-refractivity contribution < 1.29 is 17.9 Å². The molecule has 0 aliphatic carbocycles. The van der Waals surface area contributed by atoms with Gasteiger partial charge in [-0.2, -0.15) is 0 Å². The first kappa shape index (κ1) is 16.0. The average Bonchev–Trinajstić information content (AvgIpc) is 2.91. The van der Waals surface area contributed by atoms with Crippen molar-refractivity contribution >= 4 is 33.0 Å². The van der Waals surface area contributed by atoms with Gasteiger partial charge in [0.2, 0.25) is 5.95 Å². The zero-order valence-electron chi connectivity index (χ0n) is 12.8. The van der Waals surface area contributed by atoms with E-state index in [4.69, 9.17) is 10.5 Å². The molecule has 124 valence electrons. The number of fused-ring (bicyclic) bond motifs is 1. The molecule has 7 nitrogen and oxygen atoms in total. The van der Waals surface area contributed by atoms with E-state index in [1.165, 1.54) is 30.3 Å². The number of aromatic nitrogens is 2.